The molecule has 1 saturated carbocycles. The summed E-state index contributed by atoms with van der Waals surface area (Å²) < 4.78 is 0. The normalized spacial score (nSPS) is 18.6. The standard InChI is InChI=1S/C30H35N/c1-3-23-5-9-25(10-6-23)19-26-13-15-28(16-14-26)21-30-18-17-29(22-31-30)20-27-11-7-24(4-2)8-12-27/h4-6,9-10,13-18,22,24,27H,2-3,7-8,11-12,19-21H2,1H3. The van der Waals surface area contributed by atoms with Crippen LogP contribution in [0.1, 0.15) is 66.1 Å². The first kappa shape index (κ1) is 21.6. The monoisotopic (exact) mass is 409 g/mol. The van der Waals surface area contributed by atoms with Crippen molar-refractivity contribution in [2.45, 2.75) is 58.3 Å². The summed E-state index contributed by atoms with van der Waals surface area (Å²) >= 11 is 0. The zero-order valence-electron chi connectivity index (χ0n) is 18.9. The lowest BCUT2D eigenvalue weighted by molar-refractivity contribution is 0.309. The van der Waals surface area contributed by atoms with E-state index in [4.69, 9.17) is 4.98 Å². The molecular weight excluding hydrogens is 374 g/mol. The van der Waals surface area contributed by atoms with E-state index >= 15 is 0 Å². The third-order valence-corrected chi connectivity index (χ3v) is 6.88. The minimum absolute atomic E-state index is 0.741. The van der Waals surface area contributed by atoms with Gasteiger partial charge in [-0.2, -0.15) is 0 Å². The highest BCUT2D eigenvalue weighted by Gasteiger charge is 2.19. The number of allylic oxidation sites excluding steroid dienone is 1. The van der Waals surface area contributed by atoms with Crippen molar-refractivity contribution in [3.8, 4) is 0 Å². The van der Waals surface area contributed by atoms with Gasteiger partial charge in [0.2, 0.25) is 0 Å². The van der Waals surface area contributed by atoms with Crippen LogP contribution < -0.4 is 0 Å². The molecule has 4 rings (SSSR count). The Morgan fingerprint density at radius 2 is 1.29 bits per heavy atom. The maximum absolute atomic E-state index is 4.76. The van der Waals surface area contributed by atoms with Crippen LogP contribution in [-0.2, 0) is 25.7 Å². The van der Waals surface area contributed by atoms with Crippen molar-refractivity contribution >= 4 is 0 Å². The molecule has 2 aromatic carbocycles. The van der Waals surface area contributed by atoms with Crippen molar-refractivity contribution < 1.29 is 0 Å². The molecule has 0 unspecified atom stereocenters. The van der Waals surface area contributed by atoms with Gasteiger partial charge in [0.15, 0.2) is 0 Å². The van der Waals surface area contributed by atoms with Crippen molar-refractivity contribution in [2.75, 3.05) is 0 Å². The number of aryl methyl sites for hydroxylation is 1. The van der Waals surface area contributed by atoms with Crippen molar-refractivity contribution in [2.24, 2.45) is 11.8 Å². The van der Waals surface area contributed by atoms with E-state index in [0.29, 0.717) is 0 Å². The summed E-state index contributed by atoms with van der Waals surface area (Å²) in [6.45, 7) is 6.16. The fraction of sp³-hybridized carbons (Fsp3) is 0.367. The van der Waals surface area contributed by atoms with Gasteiger partial charge in [0.1, 0.15) is 0 Å². The summed E-state index contributed by atoms with van der Waals surface area (Å²) in [6, 6.07) is 22.5. The van der Waals surface area contributed by atoms with Crippen LogP contribution in [0, 0.1) is 11.8 Å². The second-order valence-electron chi connectivity index (χ2n) is 9.22. The minimum atomic E-state index is 0.741. The zero-order valence-corrected chi connectivity index (χ0v) is 18.9. The molecule has 0 spiro atoms. The van der Waals surface area contributed by atoms with Gasteiger partial charge < -0.3 is 0 Å². The second-order valence-corrected chi connectivity index (χ2v) is 9.22. The molecule has 31 heavy (non-hydrogen) atoms. The third kappa shape index (κ3) is 6.17. The highest BCUT2D eigenvalue weighted by Crippen LogP contribution is 2.31. The zero-order chi connectivity index (χ0) is 21.5. The van der Waals surface area contributed by atoms with Gasteiger partial charge in [-0.25, -0.2) is 0 Å². The van der Waals surface area contributed by atoms with Gasteiger partial charge in [-0.1, -0.05) is 67.6 Å². The molecule has 0 radical (unpaired) electrons. The summed E-state index contributed by atoms with van der Waals surface area (Å²) in [7, 11) is 0. The summed E-state index contributed by atoms with van der Waals surface area (Å²) in [5.41, 5.74) is 8.01. The summed E-state index contributed by atoms with van der Waals surface area (Å²) in [5, 5.41) is 0. The Morgan fingerprint density at radius 1 is 0.742 bits per heavy atom. The molecule has 1 aliphatic carbocycles. The van der Waals surface area contributed by atoms with Gasteiger partial charge in [-0.15, -0.1) is 6.58 Å². The van der Waals surface area contributed by atoms with E-state index in [2.05, 4.69) is 86.4 Å². The number of hydrogen-bond acceptors (Lipinski definition) is 1. The smallest absolute Gasteiger partial charge is 0.0447 e. The molecule has 1 nitrogen and oxygen atoms in total. The molecule has 0 bridgehead atoms. The first-order valence-electron chi connectivity index (χ1n) is 11.9. The van der Waals surface area contributed by atoms with Crippen molar-refractivity contribution in [1.29, 1.82) is 0 Å². The number of hydrogen-bond donors (Lipinski definition) is 0. The third-order valence-electron chi connectivity index (χ3n) is 6.88. The van der Waals surface area contributed by atoms with Crippen LogP contribution in [0.3, 0.4) is 0 Å². The van der Waals surface area contributed by atoms with Crippen LogP contribution in [0.15, 0.2) is 79.5 Å². The molecule has 0 atom stereocenters. The molecule has 1 heterocycles. The number of nitrogens with zero attached hydrogens (tertiary/aromatic N) is 1. The SMILES string of the molecule is C=CC1CCC(Cc2ccc(Cc3ccc(Cc4ccc(CC)cc4)cc3)nc2)CC1. The highest BCUT2D eigenvalue weighted by molar-refractivity contribution is 5.32. The average molecular weight is 410 g/mol. The van der Waals surface area contributed by atoms with Gasteiger partial charge in [-0.05, 0) is 90.7 Å². The summed E-state index contributed by atoms with van der Waals surface area (Å²) in [6.07, 6.45) is 13.7. The van der Waals surface area contributed by atoms with Crippen LogP contribution >= 0.6 is 0 Å². The minimum Gasteiger partial charge on any atom is -0.261 e. The van der Waals surface area contributed by atoms with E-state index in [1.807, 2.05) is 0 Å². The molecule has 1 aliphatic rings. The predicted molar refractivity (Wildman–Crippen MR) is 131 cm³/mol. The lowest BCUT2D eigenvalue weighted by atomic mass is 9.79. The van der Waals surface area contributed by atoms with Crippen molar-refractivity contribution in [1.82, 2.24) is 4.98 Å². The fourth-order valence-electron chi connectivity index (χ4n) is 4.75. The van der Waals surface area contributed by atoms with Crippen LogP contribution in [0.4, 0.5) is 0 Å². The first-order chi connectivity index (χ1) is 15.2. The van der Waals surface area contributed by atoms with Crippen molar-refractivity contribution in [3.63, 3.8) is 0 Å². The van der Waals surface area contributed by atoms with E-state index in [0.717, 1.165) is 36.8 Å². The molecule has 1 heteroatoms. The molecule has 0 amide bonds. The summed E-state index contributed by atoms with van der Waals surface area (Å²) in [5.74, 6) is 1.55. The van der Waals surface area contributed by atoms with E-state index < -0.39 is 0 Å². The van der Waals surface area contributed by atoms with Gasteiger partial charge >= 0.3 is 0 Å². The molecule has 1 aromatic heterocycles. The number of aromatic nitrogens is 1. The Balaban J connectivity index is 1.29. The van der Waals surface area contributed by atoms with E-state index in [1.54, 1.807) is 0 Å². The Kier molecular flexibility index (Phi) is 7.35. The Morgan fingerprint density at radius 3 is 1.81 bits per heavy atom. The van der Waals surface area contributed by atoms with Crippen LogP contribution in [0.25, 0.3) is 0 Å². The lowest BCUT2D eigenvalue weighted by Crippen LogP contribution is -2.15. The first-order valence-corrected chi connectivity index (χ1v) is 11.9. The maximum Gasteiger partial charge on any atom is 0.0447 e. The van der Waals surface area contributed by atoms with Gasteiger partial charge in [0, 0.05) is 18.3 Å². The maximum atomic E-state index is 4.76. The van der Waals surface area contributed by atoms with E-state index in [9.17, 15) is 0 Å². The average Bonchev–Trinajstić information content (AvgIpc) is 2.82. The molecule has 0 saturated heterocycles. The van der Waals surface area contributed by atoms with Gasteiger partial charge in [0.05, 0.1) is 0 Å². The van der Waals surface area contributed by atoms with Crippen molar-refractivity contribution in [3.05, 3.63) is 113 Å². The lowest BCUT2D eigenvalue weighted by Gasteiger charge is -2.26. The van der Waals surface area contributed by atoms with Crippen LogP contribution in [-0.4, -0.2) is 4.98 Å². The topological polar surface area (TPSA) is 12.9 Å². The number of benzene rings is 2. The fourth-order valence-corrected chi connectivity index (χ4v) is 4.75. The van der Waals surface area contributed by atoms with Crippen LogP contribution in [0.5, 0.6) is 0 Å². The van der Waals surface area contributed by atoms with Crippen LogP contribution in [0.2, 0.25) is 0 Å². The molecule has 0 aliphatic heterocycles. The molecular formula is C30H35N. The Labute approximate surface area is 188 Å². The van der Waals surface area contributed by atoms with Gasteiger partial charge in [0.25, 0.3) is 0 Å². The molecule has 160 valence electrons. The number of rotatable bonds is 8. The largest absolute Gasteiger partial charge is 0.261 e. The summed E-state index contributed by atoms with van der Waals surface area (Å²) in [4.78, 5) is 4.76. The van der Waals surface area contributed by atoms with Gasteiger partial charge in [-0.3, -0.25) is 4.98 Å². The molecule has 3 aromatic rings. The highest BCUT2D eigenvalue weighted by atomic mass is 14.7. The molecule has 1 fully saturated rings. The van der Waals surface area contributed by atoms with E-state index in [-0.39, 0.29) is 0 Å². The number of pyridine rings is 1. The molecule has 0 N–H and O–H groups in total. The Bertz CT molecular complexity index is 943. The van der Waals surface area contributed by atoms with E-state index in [1.165, 1.54) is 59.9 Å². The predicted octanol–water partition coefficient (Wildman–Crippen LogP) is 7.36. The quantitative estimate of drug-likeness (QED) is 0.354. The second kappa shape index (κ2) is 10.6. The Hall–Kier alpha value is -2.67.